The second kappa shape index (κ2) is 5.52. The topological polar surface area (TPSA) is 35.5 Å². The van der Waals surface area contributed by atoms with Crippen LogP contribution in [0.15, 0.2) is 0 Å². The average molecular weight is 160 g/mol. The van der Waals surface area contributed by atoms with Crippen LogP contribution in [-0.2, 0) is 0 Å². The molecule has 0 rings (SSSR count). The summed E-state index contributed by atoms with van der Waals surface area (Å²) in [6.07, 6.45) is 1.17. The van der Waals surface area contributed by atoms with E-state index in [1.165, 1.54) is 0 Å². The van der Waals surface area contributed by atoms with Crippen molar-refractivity contribution < 1.29 is 5.11 Å². The van der Waals surface area contributed by atoms with Crippen LogP contribution in [0.5, 0.6) is 0 Å². The summed E-state index contributed by atoms with van der Waals surface area (Å²) >= 11 is 0. The lowest BCUT2D eigenvalue weighted by Gasteiger charge is -2.24. The van der Waals surface area contributed by atoms with E-state index in [1.54, 1.807) is 6.92 Å². The van der Waals surface area contributed by atoms with E-state index in [-0.39, 0.29) is 6.10 Å². The molecular formula is C8H20N2O. The first-order chi connectivity index (χ1) is 5.07. The highest BCUT2D eigenvalue weighted by atomic mass is 16.3. The quantitative estimate of drug-likeness (QED) is 0.566. The summed E-state index contributed by atoms with van der Waals surface area (Å²) in [6, 6.07) is 0. The second-order valence-electron chi connectivity index (χ2n) is 3.14. The fraction of sp³-hybridized carbons (Fsp3) is 1.00. The largest absolute Gasteiger partial charge is 0.392 e. The van der Waals surface area contributed by atoms with Crippen molar-refractivity contribution in [2.24, 2.45) is 0 Å². The number of rotatable bonds is 5. The van der Waals surface area contributed by atoms with E-state index in [0.717, 1.165) is 6.42 Å². The first kappa shape index (κ1) is 10.9. The fourth-order valence-electron chi connectivity index (χ4n) is 0.999. The summed E-state index contributed by atoms with van der Waals surface area (Å²) in [5, 5.41) is 12.2. The molecular weight excluding hydrogens is 140 g/mol. The zero-order chi connectivity index (χ0) is 8.85. The predicted octanol–water partition coefficient (Wildman–Crippen LogP) is 0.254. The summed E-state index contributed by atoms with van der Waals surface area (Å²) < 4.78 is 0. The number of nitrogens with one attached hydrogen (secondary N) is 1. The molecule has 0 aliphatic rings. The van der Waals surface area contributed by atoms with Crippen molar-refractivity contribution in [2.75, 3.05) is 20.6 Å². The maximum Gasteiger partial charge on any atom is 0.0637 e. The predicted molar refractivity (Wildman–Crippen MR) is 47.4 cm³/mol. The molecule has 0 spiro atoms. The highest BCUT2D eigenvalue weighted by Crippen LogP contribution is 1.93. The highest BCUT2D eigenvalue weighted by Gasteiger charge is 2.07. The maximum atomic E-state index is 9.00. The normalized spacial score (nSPS) is 16.9. The zero-order valence-corrected chi connectivity index (χ0v) is 7.96. The molecule has 0 heterocycles. The summed E-state index contributed by atoms with van der Waals surface area (Å²) in [5.41, 5.74) is 0. The monoisotopic (exact) mass is 160 g/mol. The lowest BCUT2D eigenvalue weighted by Crippen LogP contribution is -2.43. The van der Waals surface area contributed by atoms with Gasteiger partial charge in [0.2, 0.25) is 0 Å². The van der Waals surface area contributed by atoms with Crippen LogP contribution in [0.25, 0.3) is 0 Å². The molecule has 0 radical (unpaired) electrons. The van der Waals surface area contributed by atoms with Crippen LogP contribution in [0.2, 0.25) is 0 Å². The molecule has 11 heavy (non-hydrogen) atoms. The third-order valence-electron chi connectivity index (χ3n) is 1.66. The molecule has 2 unspecified atom stereocenters. The molecule has 0 aliphatic carbocycles. The number of hydrogen-bond donors (Lipinski definition) is 2. The zero-order valence-electron chi connectivity index (χ0n) is 7.96. The van der Waals surface area contributed by atoms with Crippen molar-refractivity contribution in [3.05, 3.63) is 0 Å². The van der Waals surface area contributed by atoms with E-state index in [1.807, 2.05) is 14.1 Å². The summed E-state index contributed by atoms with van der Waals surface area (Å²) in [6.45, 7) is 4.58. The molecule has 0 aliphatic heterocycles. The van der Waals surface area contributed by atoms with Crippen LogP contribution in [0.1, 0.15) is 20.3 Å². The third kappa shape index (κ3) is 5.18. The molecule has 0 aromatic carbocycles. The van der Waals surface area contributed by atoms with Gasteiger partial charge >= 0.3 is 0 Å². The Kier molecular flexibility index (Phi) is 5.46. The number of nitrogens with zero attached hydrogens (tertiary/aromatic N) is 1. The Bertz CT molecular complexity index is 94.1. The summed E-state index contributed by atoms with van der Waals surface area (Å²) in [4.78, 5) is 2.11. The summed E-state index contributed by atoms with van der Waals surface area (Å²) in [7, 11) is 4.06. The van der Waals surface area contributed by atoms with Crippen LogP contribution < -0.4 is 5.32 Å². The van der Waals surface area contributed by atoms with Crippen molar-refractivity contribution in [3.8, 4) is 0 Å². The van der Waals surface area contributed by atoms with Gasteiger partial charge in [-0.3, -0.25) is 10.2 Å². The van der Waals surface area contributed by atoms with Gasteiger partial charge in [0, 0.05) is 6.54 Å². The van der Waals surface area contributed by atoms with E-state index in [4.69, 9.17) is 5.11 Å². The van der Waals surface area contributed by atoms with Crippen molar-refractivity contribution in [3.63, 3.8) is 0 Å². The van der Waals surface area contributed by atoms with Gasteiger partial charge in [-0.25, -0.2) is 0 Å². The number of hydrogen-bond acceptors (Lipinski definition) is 3. The lowest BCUT2D eigenvalue weighted by atomic mass is 10.3. The minimum atomic E-state index is -0.260. The van der Waals surface area contributed by atoms with Gasteiger partial charge in [0.05, 0.1) is 12.3 Å². The molecule has 0 saturated heterocycles. The van der Waals surface area contributed by atoms with Gasteiger partial charge in [-0.15, -0.1) is 0 Å². The molecule has 0 bridgehead atoms. The van der Waals surface area contributed by atoms with E-state index in [9.17, 15) is 0 Å². The Morgan fingerprint density at radius 1 is 1.45 bits per heavy atom. The van der Waals surface area contributed by atoms with Gasteiger partial charge in [-0.05, 0) is 27.4 Å². The molecule has 0 fully saturated rings. The van der Waals surface area contributed by atoms with Crippen molar-refractivity contribution >= 4 is 0 Å². The maximum absolute atomic E-state index is 9.00. The lowest BCUT2D eigenvalue weighted by molar-refractivity contribution is 0.160. The van der Waals surface area contributed by atoms with E-state index < -0.39 is 0 Å². The molecule has 3 nitrogen and oxygen atoms in total. The van der Waals surface area contributed by atoms with E-state index in [0.29, 0.717) is 12.7 Å². The number of aliphatic hydroxyl groups excluding tert-OH is 1. The van der Waals surface area contributed by atoms with Crippen molar-refractivity contribution in [1.29, 1.82) is 0 Å². The number of aliphatic hydroxyl groups is 1. The molecule has 0 saturated carbocycles. The Morgan fingerprint density at radius 2 is 2.00 bits per heavy atom. The Labute approximate surface area is 69.4 Å². The van der Waals surface area contributed by atoms with Crippen LogP contribution in [-0.4, -0.2) is 42.9 Å². The minimum Gasteiger partial charge on any atom is -0.392 e. The Hall–Kier alpha value is -0.120. The van der Waals surface area contributed by atoms with Crippen LogP contribution in [0, 0.1) is 0 Å². The van der Waals surface area contributed by atoms with Crippen molar-refractivity contribution in [2.45, 2.75) is 32.5 Å². The SMILES string of the molecule is CCC(NCC(C)O)N(C)C. The molecule has 0 amide bonds. The second-order valence-corrected chi connectivity index (χ2v) is 3.14. The van der Waals surface area contributed by atoms with E-state index >= 15 is 0 Å². The molecule has 2 N–H and O–H groups in total. The fourth-order valence-corrected chi connectivity index (χ4v) is 0.999. The van der Waals surface area contributed by atoms with Crippen molar-refractivity contribution in [1.82, 2.24) is 10.2 Å². The van der Waals surface area contributed by atoms with Gasteiger partial charge in [-0.1, -0.05) is 6.92 Å². The van der Waals surface area contributed by atoms with Gasteiger partial charge in [0.15, 0.2) is 0 Å². The van der Waals surface area contributed by atoms with Crippen LogP contribution in [0.3, 0.4) is 0 Å². The Balaban J connectivity index is 3.52. The molecule has 0 aromatic heterocycles. The molecule has 3 heteroatoms. The van der Waals surface area contributed by atoms with Crippen LogP contribution in [0.4, 0.5) is 0 Å². The standard InChI is InChI=1S/C8H20N2O/c1-5-8(10(3)4)9-6-7(2)11/h7-9,11H,5-6H2,1-4H3. The smallest absolute Gasteiger partial charge is 0.0637 e. The van der Waals surface area contributed by atoms with E-state index in [2.05, 4.69) is 17.1 Å². The van der Waals surface area contributed by atoms with Gasteiger partial charge in [0.25, 0.3) is 0 Å². The highest BCUT2D eigenvalue weighted by molar-refractivity contribution is 4.62. The Morgan fingerprint density at radius 3 is 2.27 bits per heavy atom. The minimum absolute atomic E-state index is 0.260. The summed E-state index contributed by atoms with van der Waals surface area (Å²) in [5.74, 6) is 0. The van der Waals surface area contributed by atoms with Crippen LogP contribution >= 0.6 is 0 Å². The van der Waals surface area contributed by atoms with Gasteiger partial charge < -0.3 is 5.11 Å². The van der Waals surface area contributed by atoms with Gasteiger partial charge in [0.1, 0.15) is 0 Å². The first-order valence-corrected chi connectivity index (χ1v) is 4.15. The molecule has 68 valence electrons. The molecule has 0 aromatic rings. The third-order valence-corrected chi connectivity index (χ3v) is 1.66. The average Bonchev–Trinajstić information content (AvgIpc) is 1.87. The van der Waals surface area contributed by atoms with Gasteiger partial charge in [-0.2, -0.15) is 0 Å². The molecule has 2 atom stereocenters. The first-order valence-electron chi connectivity index (χ1n) is 4.15.